The monoisotopic (exact) mass is 368 g/mol. The van der Waals surface area contributed by atoms with Gasteiger partial charge in [0.25, 0.3) is 5.91 Å². The summed E-state index contributed by atoms with van der Waals surface area (Å²) in [5.41, 5.74) is 0.880. The molecule has 2 aliphatic rings. The van der Waals surface area contributed by atoms with Crippen molar-refractivity contribution in [1.29, 1.82) is 0 Å². The molecule has 140 valence electrons. The molecule has 1 aromatic heterocycles. The van der Waals surface area contributed by atoms with E-state index in [0.29, 0.717) is 43.9 Å². The zero-order valence-electron chi connectivity index (χ0n) is 15.0. The Kier molecular flexibility index (Phi) is 4.41. The van der Waals surface area contributed by atoms with Crippen LogP contribution in [-0.4, -0.2) is 71.7 Å². The number of benzene rings is 1. The number of carbonyl (C=O) groups is 3. The van der Waals surface area contributed by atoms with E-state index in [4.69, 9.17) is 9.52 Å². The van der Waals surface area contributed by atoms with Crippen LogP contribution in [0.3, 0.4) is 0 Å². The topological polar surface area (TPSA) is 91.1 Å². The second-order valence-corrected chi connectivity index (χ2v) is 6.80. The molecule has 1 aromatic carbocycles. The fourth-order valence-electron chi connectivity index (χ4n) is 3.79. The van der Waals surface area contributed by atoms with Crippen LogP contribution in [0.4, 0.5) is 0 Å². The third-order valence-corrected chi connectivity index (χ3v) is 5.22. The molecule has 2 aromatic rings. The van der Waals surface area contributed by atoms with Crippen LogP contribution in [0, 0.1) is 6.92 Å². The number of furan rings is 1. The van der Waals surface area contributed by atoms with E-state index in [1.54, 1.807) is 36.1 Å². The number of aliphatic hydroxyl groups excluding tert-OH is 1. The molecule has 1 N–H and O–H groups in total. The summed E-state index contributed by atoms with van der Waals surface area (Å²) < 4.78 is 5.59. The van der Waals surface area contributed by atoms with Crippen LogP contribution in [0.2, 0.25) is 0 Å². The Morgan fingerprint density at radius 1 is 1.07 bits per heavy atom. The molecule has 7 nitrogen and oxygen atoms in total. The molecule has 2 heterocycles. The van der Waals surface area contributed by atoms with Crippen molar-refractivity contribution in [3.63, 3.8) is 0 Å². The fraction of sp³-hybridized carbons (Fsp3) is 0.350. The van der Waals surface area contributed by atoms with Crippen molar-refractivity contribution < 1.29 is 23.9 Å². The lowest BCUT2D eigenvalue weighted by Gasteiger charge is -2.34. The smallest absolute Gasteiger partial charge is 0.258 e. The number of hydrogen-bond donors (Lipinski definition) is 1. The maximum Gasteiger partial charge on any atom is 0.258 e. The van der Waals surface area contributed by atoms with Crippen LogP contribution in [0.5, 0.6) is 0 Å². The van der Waals surface area contributed by atoms with E-state index in [2.05, 4.69) is 4.90 Å². The van der Waals surface area contributed by atoms with Gasteiger partial charge >= 0.3 is 0 Å². The lowest BCUT2D eigenvalue weighted by Crippen LogP contribution is -2.49. The first-order valence-corrected chi connectivity index (χ1v) is 8.97. The lowest BCUT2D eigenvalue weighted by atomic mass is 9.86. The van der Waals surface area contributed by atoms with E-state index in [1.165, 1.54) is 0 Å². The molecule has 1 aliphatic carbocycles. The Hall–Kier alpha value is -2.77. The first-order valence-electron chi connectivity index (χ1n) is 8.97. The molecule has 1 amide bonds. The molecule has 7 heteroatoms. The number of aryl methyl sites for hydroxylation is 1. The summed E-state index contributed by atoms with van der Waals surface area (Å²) in [7, 11) is 0. The van der Waals surface area contributed by atoms with Crippen molar-refractivity contribution in [1.82, 2.24) is 9.80 Å². The predicted molar refractivity (Wildman–Crippen MR) is 96.2 cm³/mol. The first-order chi connectivity index (χ1) is 13.0. The Bertz CT molecular complexity index is 938. The Labute approximate surface area is 156 Å². The molecule has 1 fully saturated rings. The Morgan fingerprint density at radius 3 is 2.33 bits per heavy atom. The minimum Gasteiger partial charge on any atom is -0.456 e. The highest BCUT2D eigenvalue weighted by Crippen LogP contribution is 2.33. The molecule has 0 spiro atoms. The van der Waals surface area contributed by atoms with E-state index < -0.39 is 0 Å². The number of carbonyl (C=O) groups excluding carboxylic acids is 3. The minimum atomic E-state index is -0.366. The lowest BCUT2D eigenvalue weighted by molar-refractivity contribution is 0.0611. The molecule has 0 saturated carbocycles. The van der Waals surface area contributed by atoms with Gasteiger partial charge in [-0.05, 0) is 6.92 Å². The van der Waals surface area contributed by atoms with Gasteiger partial charge in [-0.1, -0.05) is 24.3 Å². The van der Waals surface area contributed by atoms with E-state index in [-0.39, 0.29) is 46.7 Å². The van der Waals surface area contributed by atoms with Gasteiger partial charge in [0.2, 0.25) is 5.78 Å². The number of amides is 1. The number of ketones is 2. The van der Waals surface area contributed by atoms with Gasteiger partial charge in [-0.2, -0.15) is 0 Å². The van der Waals surface area contributed by atoms with Crippen molar-refractivity contribution in [2.45, 2.75) is 6.92 Å². The number of nitrogens with zero attached hydrogens (tertiary/aromatic N) is 2. The molecule has 0 radical (unpaired) electrons. The second kappa shape index (κ2) is 6.75. The summed E-state index contributed by atoms with van der Waals surface area (Å²) in [5, 5.41) is 9.04. The van der Waals surface area contributed by atoms with E-state index in [0.717, 1.165) is 0 Å². The van der Waals surface area contributed by atoms with Crippen LogP contribution in [0.15, 0.2) is 28.7 Å². The summed E-state index contributed by atoms with van der Waals surface area (Å²) in [4.78, 5) is 42.6. The minimum absolute atomic E-state index is 0.0431. The highest BCUT2D eigenvalue weighted by Gasteiger charge is 2.39. The van der Waals surface area contributed by atoms with Gasteiger partial charge in [0.05, 0.1) is 17.7 Å². The maximum absolute atomic E-state index is 13.1. The van der Waals surface area contributed by atoms with Crippen molar-refractivity contribution in [3.8, 4) is 0 Å². The summed E-state index contributed by atoms with van der Waals surface area (Å²) in [5.74, 6) is -0.758. The molecule has 1 aliphatic heterocycles. The van der Waals surface area contributed by atoms with Crippen molar-refractivity contribution in [2.75, 3.05) is 39.3 Å². The van der Waals surface area contributed by atoms with Gasteiger partial charge in [-0.25, -0.2) is 0 Å². The van der Waals surface area contributed by atoms with Crippen LogP contribution in [0.1, 0.15) is 48.2 Å². The Morgan fingerprint density at radius 2 is 1.70 bits per heavy atom. The third kappa shape index (κ3) is 2.79. The van der Waals surface area contributed by atoms with Crippen molar-refractivity contribution >= 4 is 17.5 Å². The number of piperazine rings is 1. The third-order valence-electron chi connectivity index (χ3n) is 5.22. The number of aliphatic hydroxyl groups is 1. The molecular formula is C20H20N2O5. The second-order valence-electron chi connectivity index (χ2n) is 6.80. The first kappa shape index (κ1) is 17.6. The van der Waals surface area contributed by atoms with Crippen molar-refractivity contribution in [3.05, 3.63) is 58.0 Å². The number of rotatable bonds is 3. The SMILES string of the molecule is Cc1oc2c(c1C(=O)N1CCN(CCO)CC1)C(=O)c1ccccc1C2=O. The molecule has 4 rings (SSSR count). The van der Waals surface area contributed by atoms with Gasteiger partial charge in [0, 0.05) is 43.9 Å². The summed E-state index contributed by atoms with van der Waals surface area (Å²) in [6.45, 7) is 4.57. The van der Waals surface area contributed by atoms with Gasteiger partial charge < -0.3 is 14.4 Å². The zero-order chi connectivity index (χ0) is 19.1. The molecular weight excluding hydrogens is 348 g/mol. The van der Waals surface area contributed by atoms with Crippen LogP contribution in [0.25, 0.3) is 0 Å². The standard InChI is InChI=1S/C20H20N2O5/c1-12-15(20(26)22-8-6-21(7-9-22)10-11-23)16-17(24)13-4-2-3-5-14(13)18(25)19(16)27-12/h2-5,23H,6-11H2,1H3. The van der Waals surface area contributed by atoms with Gasteiger partial charge in [-0.15, -0.1) is 0 Å². The van der Waals surface area contributed by atoms with E-state index in [9.17, 15) is 14.4 Å². The van der Waals surface area contributed by atoms with Crippen LogP contribution >= 0.6 is 0 Å². The fourth-order valence-corrected chi connectivity index (χ4v) is 3.79. The predicted octanol–water partition coefficient (Wildman–Crippen LogP) is 1.11. The molecule has 0 unspecified atom stereocenters. The molecule has 27 heavy (non-hydrogen) atoms. The van der Waals surface area contributed by atoms with Crippen LogP contribution in [-0.2, 0) is 0 Å². The van der Waals surface area contributed by atoms with Gasteiger partial charge in [0.15, 0.2) is 11.5 Å². The highest BCUT2D eigenvalue weighted by molar-refractivity contribution is 6.30. The zero-order valence-corrected chi connectivity index (χ0v) is 15.0. The highest BCUT2D eigenvalue weighted by atomic mass is 16.4. The summed E-state index contributed by atoms with van der Waals surface area (Å²) in [6.07, 6.45) is 0. The average molecular weight is 368 g/mol. The van der Waals surface area contributed by atoms with Crippen LogP contribution < -0.4 is 0 Å². The normalized spacial score (nSPS) is 17.0. The van der Waals surface area contributed by atoms with Crippen molar-refractivity contribution in [2.24, 2.45) is 0 Å². The summed E-state index contributed by atoms with van der Waals surface area (Å²) in [6, 6.07) is 6.59. The van der Waals surface area contributed by atoms with Gasteiger partial charge in [0.1, 0.15) is 5.76 Å². The summed E-state index contributed by atoms with van der Waals surface area (Å²) >= 11 is 0. The van der Waals surface area contributed by atoms with Gasteiger partial charge in [-0.3, -0.25) is 19.3 Å². The largest absolute Gasteiger partial charge is 0.456 e. The number of hydrogen-bond acceptors (Lipinski definition) is 6. The number of fused-ring (bicyclic) bond motifs is 2. The average Bonchev–Trinajstić information content (AvgIpc) is 3.04. The molecule has 0 bridgehead atoms. The van der Waals surface area contributed by atoms with E-state index >= 15 is 0 Å². The van der Waals surface area contributed by atoms with E-state index in [1.807, 2.05) is 0 Å². The molecule has 1 saturated heterocycles. The quantitative estimate of drug-likeness (QED) is 0.745. The maximum atomic E-state index is 13.1. The molecule has 0 atom stereocenters. The number of β-amino-alcohol motifs (C(OH)–C–C–N with tert-alkyl or cyclic N) is 1. The Balaban J connectivity index is 1.68.